The third kappa shape index (κ3) is 5.09. The highest BCUT2D eigenvalue weighted by molar-refractivity contribution is 7.99. The molecule has 1 aromatic heterocycles. The molecule has 3 heteroatoms. The van der Waals surface area contributed by atoms with Crippen molar-refractivity contribution in [2.24, 2.45) is 11.8 Å². The van der Waals surface area contributed by atoms with Crippen LogP contribution < -0.4 is 0 Å². The highest BCUT2D eigenvalue weighted by Crippen LogP contribution is 2.41. The minimum Gasteiger partial charge on any atom is -0.257 e. The normalized spacial score (nSPS) is 18.9. The van der Waals surface area contributed by atoms with Crippen molar-refractivity contribution in [3.8, 4) is 22.4 Å². The summed E-state index contributed by atoms with van der Waals surface area (Å²) in [6.07, 6.45) is 7.85. The van der Waals surface area contributed by atoms with Crippen molar-refractivity contribution < 1.29 is 0 Å². The number of hydrogen-bond acceptors (Lipinski definition) is 2. The molecule has 0 saturated heterocycles. The molecule has 1 heterocycles. The van der Waals surface area contributed by atoms with Gasteiger partial charge in [0.25, 0.3) is 0 Å². The quantitative estimate of drug-likeness (QED) is 0.335. The van der Waals surface area contributed by atoms with Gasteiger partial charge in [0, 0.05) is 17.7 Å². The van der Waals surface area contributed by atoms with Crippen molar-refractivity contribution in [3.63, 3.8) is 0 Å². The standard InChI is InChI=1S/C28H36N2S/c1-4-21-15-17-23(18-16-21)20-30-28(31-6-3)26(25-14-10-11-22(5-2)19-25)27(29-30)24-12-8-7-9-13-24/h7-14,19,21,23H,4-6,15-18,20H2,1-3H3. The number of aromatic nitrogens is 2. The highest BCUT2D eigenvalue weighted by Gasteiger charge is 2.25. The van der Waals surface area contributed by atoms with Crippen molar-refractivity contribution in [2.75, 3.05) is 5.75 Å². The van der Waals surface area contributed by atoms with Crippen LogP contribution in [0.3, 0.4) is 0 Å². The second-order valence-electron chi connectivity index (χ2n) is 8.86. The van der Waals surface area contributed by atoms with Crippen LogP contribution in [0.25, 0.3) is 22.4 Å². The minimum absolute atomic E-state index is 0.748. The Labute approximate surface area is 192 Å². The zero-order chi connectivity index (χ0) is 21.6. The van der Waals surface area contributed by atoms with E-state index in [0.717, 1.165) is 36.2 Å². The Bertz CT molecular complexity index is 968. The predicted octanol–water partition coefficient (Wildman–Crippen LogP) is 8.11. The van der Waals surface area contributed by atoms with Gasteiger partial charge in [-0.1, -0.05) is 94.6 Å². The third-order valence-corrected chi connectivity index (χ3v) is 7.81. The molecule has 2 nitrogen and oxygen atoms in total. The molecule has 0 N–H and O–H groups in total. The Morgan fingerprint density at radius 1 is 0.871 bits per heavy atom. The van der Waals surface area contributed by atoms with Crippen LogP contribution in [-0.4, -0.2) is 15.5 Å². The molecule has 0 spiro atoms. The number of aryl methyl sites for hydroxylation is 1. The highest BCUT2D eigenvalue weighted by atomic mass is 32.2. The number of benzene rings is 2. The van der Waals surface area contributed by atoms with Gasteiger partial charge in [0.2, 0.25) is 0 Å². The molecule has 1 aliphatic rings. The SMILES string of the molecule is CCSc1c(-c2cccc(CC)c2)c(-c2ccccc2)nn1CC1CCC(CC)CC1. The lowest BCUT2D eigenvalue weighted by Crippen LogP contribution is -2.19. The molecule has 0 unspecified atom stereocenters. The lowest BCUT2D eigenvalue weighted by atomic mass is 9.81. The van der Waals surface area contributed by atoms with Crippen LogP contribution in [0.15, 0.2) is 59.6 Å². The minimum atomic E-state index is 0.748. The monoisotopic (exact) mass is 432 g/mol. The van der Waals surface area contributed by atoms with Crippen LogP contribution in [0.1, 0.15) is 58.4 Å². The van der Waals surface area contributed by atoms with Crippen molar-refractivity contribution in [2.45, 2.75) is 70.9 Å². The van der Waals surface area contributed by atoms with Crippen LogP contribution in [0.4, 0.5) is 0 Å². The Balaban J connectivity index is 1.77. The summed E-state index contributed by atoms with van der Waals surface area (Å²) in [5, 5.41) is 6.60. The number of nitrogens with zero attached hydrogens (tertiary/aromatic N) is 2. The average molecular weight is 433 g/mol. The molecule has 4 rings (SSSR count). The molecule has 0 bridgehead atoms. The van der Waals surface area contributed by atoms with Gasteiger partial charge in [-0.2, -0.15) is 5.10 Å². The first kappa shape index (κ1) is 22.2. The number of hydrogen-bond donors (Lipinski definition) is 0. The van der Waals surface area contributed by atoms with Gasteiger partial charge >= 0.3 is 0 Å². The molecule has 0 radical (unpaired) electrons. The maximum absolute atomic E-state index is 5.26. The third-order valence-electron chi connectivity index (χ3n) is 6.83. The second kappa shape index (κ2) is 10.5. The first-order valence-corrected chi connectivity index (χ1v) is 13.1. The summed E-state index contributed by atoms with van der Waals surface area (Å²) in [7, 11) is 0. The molecule has 1 saturated carbocycles. The predicted molar refractivity (Wildman–Crippen MR) is 135 cm³/mol. The van der Waals surface area contributed by atoms with E-state index in [4.69, 9.17) is 5.10 Å². The van der Waals surface area contributed by atoms with Gasteiger partial charge in [0.15, 0.2) is 0 Å². The lowest BCUT2D eigenvalue weighted by Gasteiger charge is -2.28. The van der Waals surface area contributed by atoms with Crippen LogP contribution in [0.2, 0.25) is 0 Å². The lowest BCUT2D eigenvalue weighted by molar-refractivity contribution is 0.238. The fourth-order valence-corrected chi connectivity index (χ4v) is 5.82. The summed E-state index contributed by atoms with van der Waals surface area (Å²) in [5.41, 5.74) is 6.35. The van der Waals surface area contributed by atoms with E-state index in [2.05, 4.69) is 80.1 Å². The van der Waals surface area contributed by atoms with E-state index in [1.165, 1.54) is 59.4 Å². The van der Waals surface area contributed by atoms with Crippen molar-refractivity contribution in [1.29, 1.82) is 0 Å². The summed E-state index contributed by atoms with van der Waals surface area (Å²) in [4.78, 5) is 0. The van der Waals surface area contributed by atoms with Crippen LogP contribution in [0, 0.1) is 11.8 Å². The molecule has 0 aliphatic heterocycles. The van der Waals surface area contributed by atoms with E-state index in [0.29, 0.717) is 0 Å². The topological polar surface area (TPSA) is 17.8 Å². The number of thioether (sulfide) groups is 1. The van der Waals surface area contributed by atoms with Crippen molar-refractivity contribution in [3.05, 3.63) is 60.2 Å². The summed E-state index contributed by atoms with van der Waals surface area (Å²) in [5.74, 6) is 2.74. The van der Waals surface area contributed by atoms with E-state index >= 15 is 0 Å². The largest absolute Gasteiger partial charge is 0.257 e. The van der Waals surface area contributed by atoms with Crippen molar-refractivity contribution in [1.82, 2.24) is 9.78 Å². The fraction of sp³-hybridized carbons (Fsp3) is 0.464. The van der Waals surface area contributed by atoms with Crippen LogP contribution >= 0.6 is 11.8 Å². The Hall–Kier alpha value is -2.00. The molecule has 1 aliphatic carbocycles. The van der Waals surface area contributed by atoms with E-state index in [1.807, 2.05) is 11.8 Å². The maximum Gasteiger partial charge on any atom is 0.102 e. The zero-order valence-electron chi connectivity index (χ0n) is 19.3. The van der Waals surface area contributed by atoms with Gasteiger partial charge in [-0.05, 0) is 48.0 Å². The summed E-state index contributed by atoms with van der Waals surface area (Å²) >= 11 is 1.95. The van der Waals surface area contributed by atoms with Crippen molar-refractivity contribution >= 4 is 11.8 Å². The van der Waals surface area contributed by atoms with E-state index in [1.54, 1.807) is 0 Å². The Morgan fingerprint density at radius 3 is 2.26 bits per heavy atom. The molecule has 0 amide bonds. The molecule has 1 fully saturated rings. The summed E-state index contributed by atoms with van der Waals surface area (Å²) < 4.78 is 2.35. The Morgan fingerprint density at radius 2 is 1.58 bits per heavy atom. The van der Waals surface area contributed by atoms with Gasteiger partial charge in [-0.3, -0.25) is 4.68 Å². The number of rotatable bonds is 8. The summed E-state index contributed by atoms with van der Waals surface area (Å²) in [6.45, 7) is 7.88. The first-order valence-electron chi connectivity index (χ1n) is 12.1. The van der Waals surface area contributed by atoms with E-state index < -0.39 is 0 Å². The van der Waals surface area contributed by atoms with Gasteiger partial charge in [-0.25, -0.2) is 0 Å². The molecule has 2 aromatic carbocycles. The zero-order valence-corrected chi connectivity index (χ0v) is 20.1. The average Bonchev–Trinajstić information content (AvgIpc) is 3.18. The van der Waals surface area contributed by atoms with Gasteiger partial charge < -0.3 is 0 Å². The van der Waals surface area contributed by atoms with Gasteiger partial charge in [-0.15, -0.1) is 11.8 Å². The molecular formula is C28H36N2S. The summed E-state index contributed by atoms with van der Waals surface area (Å²) in [6, 6.07) is 19.8. The molecule has 0 atom stereocenters. The second-order valence-corrected chi connectivity index (χ2v) is 10.1. The molecule has 164 valence electrons. The van der Waals surface area contributed by atoms with Gasteiger partial charge in [0.1, 0.15) is 10.7 Å². The first-order chi connectivity index (χ1) is 15.2. The molecule has 3 aromatic rings. The van der Waals surface area contributed by atoms with Crippen LogP contribution in [-0.2, 0) is 13.0 Å². The van der Waals surface area contributed by atoms with E-state index in [9.17, 15) is 0 Å². The smallest absolute Gasteiger partial charge is 0.102 e. The maximum atomic E-state index is 5.26. The van der Waals surface area contributed by atoms with E-state index in [-0.39, 0.29) is 0 Å². The Kier molecular flexibility index (Phi) is 7.55. The fourth-order valence-electron chi connectivity index (χ4n) is 4.93. The van der Waals surface area contributed by atoms with Crippen LogP contribution in [0.5, 0.6) is 0 Å². The molecule has 31 heavy (non-hydrogen) atoms. The van der Waals surface area contributed by atoms with Gasteiger partial charge in [0.05, 0.1) is 0 Å². The molecular weight excluding hydrogens is 396 g/mol.